The predicted molar refractivity (Wildman–Crippen MR) is 153 cm³/mol. The highest BCUT2D eigenvalue weighted by Crippen LogP contribution is 2.39. The molecule has 0 bridgehead atoms. The molecule has 5 aromatic rings. The molecule has 0 radical (unpaired) electrons. The molecule has 0 spiro atoms. The Morgan fingerprint density at radius 1 is 1.08 bits per heavy atom. The van der Waals surface area contributed by atoms with E-state index in [0.29, 0.717) is 38.5 Å². The van der Waals surface area contributed by atoms with E-state index in [0.717, 1.165) is 10.9 Å². The number of pyridine rings is 1. The Morgan fingerprint density at radius 3 is 2.49 bits per heavy atom. The number of aryl methyl sites for hydroxylation is 2. The van der Waals surface area contributed by atoms with Crippen LogP contribution in [-0.2, 0) is 19.7 Å². The summed E-state index contributed by atoms with van der Waals surface area (Å²) in [5.74, 6) is 2.08. The minimum Gasteiger partial charge on any atom is -0.374 e. The van der Waals surface area contributed by atoms with Crippen molar-refractivity contribution in [1.29, 1.82) is 0 Å². The van der Waals surface area contributed by atoms with Crippen molar-refractivity contribution in [1.82, 2.24) is 19.4 Å². The number of imidazole rings is 1. The van der Waals surface area contributed by atoms with Crippen LogP contribution < -0.4 is 10.9 Å². The predicted octanol–water partition coefficient (Wildman–Crippen LogP) is 4.24. The summed E-state index contributed by atoms with van der Waals surface area (Å²) in [4.78, 5) is 29.5. The number of rotatable bonds is 6. The van der Waals surface area contributed by atoms with Crippen LogP contribution in [0.1, 0.15) is 27.2 Å². The number of halogens is 1. The Labute approximate surface area is 230 Å². The van der Waals surface area contributed by atoms with Crippen LogP contribution in [0.4, 0.5) is 0 Å². The van der Waals surface area contributed by atoms with Gasteiger partial charge in [0.15, 0.2) is 5.60 Å². The van der Waals surface area contributed by atoms with Crippen LogP contribution in [0.3, 0.4) is 0 Å². The van der Waals surface area contributed by atoms with Crippen LogP contribution in [0.2, 0.25) is 5.02 Å². The van der Waals surface area contributed by atoms with Crippen molar-refractivity contribution in [3.63, 3.8) is 0 Å². The van der Waals surface area contributed by atoms with Gasteiger partial charge in [0.2, 0.25) is 0 Å². The second kappa shape index (κ2) is 10.3. The van der Waals surface area contributed by atoms with Gasteiger partial charge in [0.1, 0.15) is 0 Å². The molecule has 0 aliphatic rings. The molecule has 194 valence electrons. The van der Waals surface area contributed by atoms with Crippen molar-refractivity contribution in [2.24, 2.45) is 14.1 Å². The Balaban J connectivity index is 1.73. The lowest BCUT2D eigenvalue weighted by Gasteiger charge is -2.30. The number of carbonyl (C=O) groups excluding carboxylic acids is 1. The zero-order valence-electron chi connectivity index (χ0n) is 21.4. The van der Waals surface area contributed by atoms with Crippen LogP contribution in [-0.4, -0.2) is 31.7 Å². The van der Waals surface area contributed by atoms with Gasteiger partial charge in [-0.1, -0.05) is 47.9 Å². The Morgan fingerprint density at radius 2 is 1.82 bits per heavy atom. The third-order valence-corrected chi connectivity index (χ3v) is 7.14. The molecular weight excluding hydrogens is 512 g/mol. The summed E-state index contributed by atoms with van der Waals surface area (Å²) in [5.41, 5.74) is 2.43. The quantitative estimate of drug-likeness (QED) is 0.318. The molecule has 8 heteroatoms. The summed E-state index contributed by atoms with van der Waals surface area (Å²) in [7, 11) is 3.51. The highest BCUT2D eigenvalue weighted by Gasteiger charge is 2.37. The fraction of sp³-hybridized carbons (Fsp3) is 0.129. The van der Waals surface area contributed by atoms with Gasteiger partial charge >= 0.3 is 0 Å². The topological polar surface area (TPSA) is 89.2 Å². The lowest BCUT2D eigenvalue weighted by atomic mass is 9.82. The maximum Gasteiger partial charge on any atom is 0.252 e. The molecule has 0 fully saturated rings. The molecule has 2 N–H and O–H groups in total. The molecule has 1 amide bonds. The number of nitrogens with one attached hydrogen (secondary N) is 1. The summed E-state index contributed by atoms with van der Waals surface area (Å²) < 4.78 is 3.32. The third-order valence-electron chi connectivity index (χ3n) is 6.90. The number of nitrogens with zero attached hydrogens (tertiary/aromatic N) is 3. The number of benzene rings is 3. The highest BCUT2D eigenvalue weighted by atomic mass is 35.5. The molecule has 0 saturated heterocycles. The standard InChI is InChI=1S/C31H25ClN4O3/c1-4-14-34-30(38)20-8-10-22(11-9-20)31(39,28-18-33-19-35(28)2)23-12-13-27-26(16-23)25(17-29(37)36(27)3)21-6-5-7-24(32)15-21/h1,5-13,15-19,39H,14H2,2-3H3,(H,34,38). The van der Waals surface area contributed by atoms with Crippen LogP contribution in [0.25, 0.3) is 22.0 Å². The molecule has 2 aromatic heterocycles. The van der Waals surface area contributed by atoms with Crippen molar-refractivity contribution in [2.45, 2.75) is 5.60 Å². The van der Waals surface area contributed by atoms with Crippen LogP contribution in [0, 0.1) is 12.3 Å². The Kier molecular flexibility index (Phi) is 6.83. The molecule has 5 rings (SSSR count). The third kappa shape index (κ3) is 4.61. The number of hydrogen-bond acceptors (Lipinski definition) is 4. The molecular formula is C31H25ClN4O3. The van der Waals surface area contributed by atoms with E-state index in [1.165, 1.54) is 0 Å². The van der Waals surface area contributed by atoms with Gasteiger partial charge in [0.25, 0.3) is 11.5 Å². The van der Waals surface area contributed by atoms with E-state index in [4.69, 9.17) is 18.0 Å². The first-order valence-electron chi connectivity index (χ1n) is 12.2. The summed E-state index contributed by atoms with van der Waals surface area (Å²) in [5, 5.41) is 16.4. The van der Waals surface area contributed by atoms with Crippen molar-refractivity contribution in [3.05, 3.63) is 123 Å². The molecule has 0 aliphatic carbocycles. The summed E-state index contributed by atoms with van der Waals surface area (Å²) in [6.45, 7) is 0.119. The Hall–Kier alpha value is -4.64. The molecule has 7 nitrogen and oxygen atoms in total. The Bertz CT molecular complexity index is 1810. The van der Waals surface area contributed by atoms with E-state index >= 15 is 0 Å². The van der Waals surface area contributed by atoms with E-state index in [1.807, 2.05) is 24.3 Å². The van der Waals surface area contributed by atoms with E-state index in [2.05, 4.69) is 16.2 Å². The van der Waals surface area contributed by atoms with Crippen LogP contribution in [0.15, 0.2) is 90.1 Å². The molecule has 0 aliphatic heterocycles. The van der Waals surface area contributed by atoms with Crippen molar-refractivity contribution < 1.29 is 9.90 Å². The molecule has 1 unspecified atom stereocenters. The molecule has 3 aromatic carbocycles. The summed E-state index contributed by atoms with van der Waals surface area (Å²) >= 11 is 6.28. The molecule has 1 atom stereocenters. The molecule has 0 saturated carbocycles. The van der Waals surface area contributed by atoms with Crippen molar-refractivity contribution in [2.75, 3.05) is 6.54 Å². The van der Waals surface area contributed by atoms with E-state index in [9.17, 15) is 14.7 Å². The van der Waals surface area contributed by atoms with E-state index in [1.54, 1.807) is 84.3 Å². The monoisotopic (exact) mass is 536 g/mol. The van der Waals surface area contributed by atoms with Crippen molar-refractivity contribution in [3.8, 4) is 23.5 Å². The van der Waals surface area contributed by atoms with Gasteiger partial charge in [0.05, 0.1) is 30.3 Å². The van der Waals surface area contributed by atoms with Gasteiger partial charge in [-0.05, 0) is 58.7 Å². The normalized spacial score (nSPS) is 12.6. The summed E-state index contributed by atoms with van der Waals surface area (Å²) in [6, 6.07) is 21.1. The van der Waals surface area contributed by atoms with Gasteiger partial charge in [-0.25, -0.2) is 4.98 Å². The lowest BCUT2D eigenvalue weighted by Crippen LogP contribution is -2.31. The van der Waals surface area contributed by atoms with E-state index in [-0.39, 0.29) is 18.0 Å². The average molecular weight is 537 g/mol. The first-order valence-corrected chi connectivity index (χ1v) is 12.5. The highest BCUT2D eigenvalue weighted by molar-refractivity contribution is 6.30. The van der Waals surface area contributed by atoms with E-state index < -0.39 is 5.60 Å². The fourth-order valence-corrected chi connectivity index (χ4v) is 5.04. The summed E-state index contributed by atoms with van der Waals surface area (Å²) in [6.07, 6.45) is 8.47. The van der Waals surface area contributed by atoms with Gasteiger partial charge in [-0.3, -0.25) is 9.59 Å². The number of hydrogen-bond donors (Lipinski definition) is 2. The van der Waals surface area contributed by atoms with Crippen molar-refractivity contribution >= 4 is 28.4 Å². The SMILES string of the molecule is C#CCNC(=O)c1ccc(C(O)(c2ccc3c(c2)c(-c2cccc(Cl)c2)cc(=O)n3C)c2cncn2C)cc1. The molecule has 2 heterocycles. The second-order valence-electron chi connectivity index (χ2n) is 9.26. The smallest absolute Gasteiger partial charge is 0.252 e. The van der Waals surface area contributed by atoms with Gasteiger partial charge < -0.3 is 19.6 Å². The maximum absolute atomic E-state index is 12.8. The van der Waals surface area contributed by atoms with Crippen LogP contribution in [0.5, 0.6) is 0 Å². The molecule has 39 heavy (non-hydrogen) atoms. The number of aromatic nitrogens is 3. The minimum absolute atomic E-state index is 0.119. The first kappa shape index (κ1) is 26.0. The zero-order chi connectivity index (χ0) is 27.7. The number of carbonyl (C=O) groups is 1. The fourth-order valence-electron chi connectivity index (χ4n) is 4.85. The van der Waals surface area contributed by atoms with Gasteiger partial charge in [-0.2, -0.15) is 0 Å². The maximum atomic E-state index is 12.8. The lowest BCUT2D eigenvalue weighted by molar-refractivity contribution is 0.0957. The largest absolute Gasteiger partial charge is 0.374 e. The number of fused-ring (bicyclic) bond motifs is 1. The number of terminal acetylenes is 1. The van der Waals surface area contributed by atoms with Gasteiger partial charge in [0, 0.05) is 36.1 Å². The zero-order valence-corrected chi connectivity index (χ0v) is 22.1. The number of aliphatic hydroxyl groups is 1. The number of amides is 1. The minimum atomic E-state index is -1.63. The van der Waals surface area contributed by atoms with Crippen LogP contribution >= 0.6 is 11.6 Å². The second-order valence-corrected chi connectivity index (χ2v) is 9.70. The first-order chi connectivity index (χ1) is 18.7. The average Bonchev–Trinajstić information content (AvgIpc) is 3.39. The van der Waals surface area contributed by atoms with Gasteiger partial charge in [-0.15, -0.1) is 6.42 Å².